The van der Waals surface area contributed by atoms with Crippen molar-refractivity contribution in [2.24, 2.45) is 0 Å². The molecular weight excluding hydrogens is 332 g/mol. The summed E-state index contributed by atoms with van der Waals surface area (Å²) in [6.07, 6.45) is 2.63. The molecule has 1 aromatic carbocycles. The Morgan fingerprint density at radius 3 is 2.54 bits per heavy atom. The van der Waals surface area contributed by atoms with Crippen LogP contribution in [0.25, 0.3) is 0 Å². The molecule has 3 aliphatic heterocycles. The lowest BCUT2D eigenvalue weighted by atomic mass is 9.86. The van der Waals surface area contributed by atoms with E-state index in [0.717, 1.165) is 31.0 Å². The van der Waals surface area contributed by atoms with E-state index in [9.17, 15) is 4.79 Å². The summed E-state index contributed by atoms with van der Waals surface area (Å²) < 4.78 is 10.6. The molecule has 4 heterocycles. The van der Waals surface area contributed by atoms with Crippen molar-refractivity contribution in [3.05, 3.63) is 41.9 Å². The van der Waals surface area contributed by atoms with Gasteiger partial charge in [0.15, 0.2) is 0 Å². The summed E-state index contributed by atoms with van der Waals surface area (Å²) in [6, 6.07) is 7.70. The average Bonchev–Trinajstić information content (AvgIpc) is 2.67. The Labute approximate surface area is 152 Å². The molecule has 2 aromatic rings. The molecule has 7 heteroatoms. The van der Waals surface area contributed by atoms with Crippen LogP contribution in [0.1, 0.15) is 22.5 Å². The van der Waals surface area contributed by atoms with E-state index in [1.165, 1.54) is 0 Å². The summed E-state index contributed by atoms with van der Waals surface area (Å²) in [4.78, 5) is 25.8. The van der Waals surface area contributed by atoms with Gasteiger partial charge >= 0.3 is 0 Å². The Bertz CT molecular complexity index is 829. The zero-order valence-corrected chi connectivity index (χ0v) is 15.2. The van der Waals surface area contributed by atoms with Crippen molar-refractivity contribution < 1.29 is 14.3 Å². The number of hydrogen-bond acceptors (Lipinski definition) is 6. The number of rotatable bonds is 4. The predicted octanol–water partition coefficient (Wildman–Crippen LogP) is 1.91. The highest BCUT2D eigenvalue weighted by atomic mass is 16.5. The van der Waals surface area contributed by atoms with Gasteiger partial charge in [-0.2, -0.15) is 0 Å². The number of piperazine rings is 1. The zero-order chi connectivity index (χ0) is 18.3. The van der Waals surface area contributed by atoms with Gasteiger partial charge in [0.05, 0.1) is 31.9 Å². The molecule has 2 atom stereocenters. The van der Waals surface area contributed by atoms with Gasteiger partial charge in [-0.15, -0.1) is 0 Å². The Morgan fingerprint density at radius 2 is 1.88 bits per heavy atom. The highest BCUT2D eigenvalue weighted by molar-refractivity contribution is 5.98. The SMILES string of the molecule is COc1ccc(C(=O)N2C3CC2CN(c2cc(C)ncn2)C3)c(OC)c1. The summed E-state index contributed by atoms with van der Waals surface area (Å²) in [5.74, 6) is 2.17. The van der Waals surface area contributed by atoms with Gasteiger partial charge in [-0.25, -0.2) is 9.97 Å². The fraction of sp³-hybridized carbons (Fsp3) is 0.421. The third-order valence-corrected chi connectivity index (χ3v) is 5.18. The number of fused-ring (bicyclic) bond motifs is 2. The van der Waals surface area contributed by atoms with E-state index in [2.05, 4.69) is 14.9 Å². The third-order valence-electron chi connectivity index (χ3n) is 5.18. The van der Waals surface area contributed by atoms with Crippen LogP contribution < -0.4 is 14.4 Å². The van der Waals surface area contributed by atoms with Crippen LogP contribution in [0.15, 0.2) is 30.6 Å². The van der Waals surface area contributed by atoms with Crippen molar-refractivity contribution in [2.45, 2.75) is 25.4 Å². The van der Waals surface area contributed by atoms with Crippen LogP contribution in [0.2, 0.25) is 0 Å². The maximum absolute atomic E-state index is 13.1. The van der Waals surface area contributed by atoms with Gasteiger partial charge < -0.3 is 19.3 Å². The minimum atomic E-state index is 0.0178. The minimum absolute atomic E-state index is 0.0178. The smallest absolute Gasteiger partial charge is 0.258 e. The lowest BCUT2D eigenvalue weighted by molar-refractivity contribution is 0.00551. The van der Waals surface area contributed by atoms with Crippen molar-refractivity contribution >= 4 is 11.7 Å². The van der Waals surface area contributed by atoms with E-state index in [1.54, 1.807) is 38.7 Å². The number of aryl methyl sites for hydroxylation is 1. The van der Waals surface area contributed by atoms with Crippen LogP contribution in [0.4, 0.5) is 5.82 Å². The maximum Gasteiger partial charge on any atom is 0.258 e. The van der Waals surface area contributed by atoms with Crippen molar-refractivity contribution in [2.75, 3.05) is 32.2 Å². The van der Waals surface area contributed by atoms with Crippen molar-refractivity contribution in [1.29, 1.82) is 0 Å². The van der Waals surface area contributed by atoms with Crippen LogP contribution >= 0.6 is 0 Å². The predicted molar refractivity (Wildman–Crippen MR) is 96.9 cm³/mol. The first-order valence-corrected chi connectivity index (χ1v) is 8.69. The van der Waals surface area contributed by atoms with Gasteiger partial charge in [0.2, 0.25) is 0 Å². The molecule has 26 heavy (non-hydrogen) atoms. The first-order chi connectivity index (χ1) is 12.6. The number of benzene rings is 1. The second kappa shape index (κ2) is 6.48. The van der Waals surface area contributed by atoms with E-state index in [-0.39, 0.29) is 18.0 Å². The van der Waals surface area contributed by atoms with Crippen molar-refractivity contribution in [3.63, 3.8) is 0 Å². The molecule has 0 aliphatic carbocycles. The zero-order valence-electron chi connectivity index (χ0n) is 15.2. The average molecular weight is 354 g/mol. The summed E-state index contributed by atoms with van der Waals surface area (Å²) in [5, 5.41) is 0. The number of aromatic nitrogens is 2. The fourth-order valence-electron chi connectivity index (χ4n) is 3.86. The van der Waals surface area contributed by atoms with E-state index in [0.29, 0.717) is 17.1 Å². The molecule has 1 aromatic heterocycles. The maximum atomic E-state index is 13.1. The van der Waals surface area contributed by atoms with Gasteiger partial charge in [-0.1, -0.05) is 0 Å². The van der Waals surface area contributed by atoms with Crippen LogP contribution in [0.3, 0.4) is 0 Å². The van der Waals surface area contributed by atoms with Gasteiger partial charge in [-0.05, 0) is 25.5 Å². The summed E-state index contributed by atoms with van der Waals surface area (Å²) in [6.45, 7) is 3.54. The highest BCUT2D eigenvalue weighted by Crippen LogP contribution is 2.37. The molecule has 136 valence electrons. The van der Waals surface area contributed by atoms with E-state index >= 15 is 0 Å². The lowest BCUT2D eigenvalue weighted by Crippen LogP contribution is -2.70. The van der Waals surface area contributed by atoms with E-state index in [4.69, 9.17) is 9.47 Å². The normalized spacial score (nSPS) is 21.2. The quantitative estimate of drug-likeness (QED) is 0.835. The van der Waals surface area contributed by atoms with Gasteiger partial charge in [-0.3, -0.25) is 4.79 Å². The number of carbonyl (C=O) groups is 1. The topological polar surface area (TPSA) is 67.8 Å². The monoisotopic (exact) mass is 354 g/mol. The molecule has 3 saturated heterocycles. The standard InChI is InChI=1S/C19H22N4O3/c1-12-6-18(21-11-20-12)22-9-13-7-14(10-22)23(13)19(24)16-5-4-15(25-2)8-17(16)26-3/h4-6,8,11,13-14H,7,9-10H2,1-3H3. The third kappa shape index (κ3) is 2.73. The first-order valence-electron chi connectivity index (χ1n) is 8.69. The molecule has 2 unspecified atom stereocenters. The second-order valence-electron chi connectivity index (χ2n) is 6.74. The summed E-state index contributed by atoms with van der Waals surface area (Å²) in [5.41, 5.74) is 1.53. The molecule has 7 nitrogen and oxygen atoms in total. The van der Waals surface area contributed by atoms with Gasteiger partial charge in [0.1, 0.15) is 23.6 Å². The van der Waals surface area contributed by atoms with Gasteiger partial charge in [0.25, 0.3) is 5.91 Å². The number of carbonyl (C=O) groups excluding carboxylic acids is 1. The molecule has 0 N–H and O–H groups in total. The number of nitrogens with zero attached hydrogens (tertiary/aromatic N) is 4. The Kier molecular flexibility index (Phi) is 4.14. The number of anilines is 1. The van der Waals surface area contributed by atoms with Crippen LogP contribution in [0.5, 0.6) is 11.5 Å². The molecule has 5 rings (SSSR count). The van der Waals surface area contributed by atoms with Crippen molar-refractivity contribution in [1.82, 2.24) is 14.9 Å². The first kappa shape index (κ1) is 16.6. The van der Waals surface area contributed by atoms with E-state index in [1.807, 2.05) is 17.9 Å². The molecule has 3 fully saturated rings. The summed E-state index contributed by atoms with van der Waals surface area (Å²) in [7, 11) is 3.17. The Morgan fingerprint density at radius 1 is 1.12 bits per heavy atom. The number of ether oxygens (including phenoxy) is 2. The molecule has 0 radical (unpaired) electrons. The Hall–Kier alpha value is -2.83. The molecular formula is C19H22N4O3. The minimum Gasteiger partial charge on any atom is -0.497 e. The second-order valence-corrected chi connectivity index (χ2v) is 6.74. The number of amides is 1. The van der Waals surface area contributed by atoms with Crippen LogP contribution in [0, 0.1) is 6.92 Å². The Balaban J connectivity index is 1.52. The van der Waals surface area contributed by atoms with Gasteiger partial charge in [0, 0.05) is 30.9 Å². The van der Waals surface area contributed by atoms with Crippen LogP contribution in [-0.2, 0) is 0 Å². The largest absolute Gasteiger partial charge is 0.497 e. The number of methoxy groups -OCH3 is 2. The fourth-order valence-corrected chi connectivity index (χ4v) is 3.86. The lowest BCUT2D eigenvalue weighted by Gasteiger charge is -2.56. The number of hydrogen-bond donors (Lipinski definition) is 0. The van der Waals surface area contributed by atoms with E-state index < -0.39 is 0 Å². The van der Waals surface area contributed by atoms with Crippen molar-refractivity contribution in [3.8, 4) is 11.5 Å². The summed E-state index contributed by atoms with van der Waals surface area (Å²) >= 11 is 0. The molecule has 3 aliphatic rings. The molecule has 1 amide bonds. The number of piperidine rings is 1. The highest BCUT2D eigenvalue weighted by Gasteiger charge is 2.48. The molecule has 0 spiro atoms. The van der Waals surface area contributed by atoms with Crippen LogP contribution in [-0.4, -0.2) is 60.2 Å². The molecule has 0 saturated carbocycles. The molecule has 2 bridgehead atoms.